The second kappa shape index (κ2) is 7.81. The van der Waals surface area contributed by atoms with Gasteiger partial charge < -0.3 is 14.0 Å². The summed E-state index contributed by atoms with van der Waals surface area (Å²) in [6, 6.07) is 16.2. The van der Waals surface area contributed by atoms with E-state index in [0.717, 1.165) is 5.56 Å². The summed E-state index contributed by atoms with van der Waals surface area (Å²) in [6.07, 6.45) is -0.796. The average molecular weight is 359 g/mol. The van der Waals surface area contributed by atoms with Gasteiger partial charge in [0.25, 0.3) is 5.89 Å². The summed E-state index contributed by atoms with van der Waals surface area (Å²) in [6.45, 7) is 1.47. The molecule has 0 radical (unpaired) electrons. The molecule has 0 bridgehead atoms. The summed E-state index contributed by atoms with van der Waals surface area (Å²) < 4.78 is 15.7. The summed E-state index contributed by atoms with van der Waals surface area (Å²) in [5.74, 6) is 0.595. The van der Waals surface area contributed by atoms with Crippen LogP contribution in [0.5, 0.6) is 5.75 Å². The van der Waals surface area contributed by atoms with Crippen molar-refractivity contribution in [3.05, 3.63) is 65.5 Å². The van der Waals surface area contributed by atoms with E-state index in [2.05, 4.69) is 10.1 Å². The Labute approximate surface area is 149 Å². The molecular formula is C18H15ClN2O4. The normalized spacial score (nSPS) is 11.8. The Bertz CT molecular complexity index is 851. The molecule has 0 amide bonds. The number of aromatic nitrogens is 2. The molecule has 128 valence electrons. The van der Waals surface area contributed by atoms with Gasteiger partial charge in [-0.25, -0.2) is 4.79 Å². The Kier molecular flexibility index (Phi) is 5.30. The largest absolute Gasteiger partial charge is 0.479 e. The predicted octanol–water partition coefficient (Wildman–Crippen LogP) is 3.90. The number of esters is 1. The molecule has 0 fully saturated rings. The predicted molar refractivity (Wildman–Crippen MR) is 91.1 cm³/mol. The first-order chi connectivity index (χ1) is 12.1. The van der Waals surface area contributed by atoms with Crippen LogP contribution >= 0.6 is 11.6 Å². The van der Waals surface area contributed by atoms with E-state index >= 15 is 0 Å². The first-order valence-corrected chi connectivity index (χ1v) is 7.96. The van der Waals surface area contributed by atoms with Crippen molar-refractivity contribution in [3.8, 4) is 17.1 Å². The fourth-order valence-corrected chi connectivity index (χ4v) is 2.24. The maximum absolute atomic E-state index is 12.0. The molecule has 0 saturated carbocycles. The lowest BCUT2D eigenvalue weighted by atomic mass is 10.2. The minimum absolute atomic E-state index is 0.123. The van der Waals surface area contributed by atoms with E-state index in [9.17, 15) is 4.79 Å². The molecule has 0 aliphatic heterocycles. The zero-order valence-corrected chi connectivity index (χ0v) is 14.1. The first kappa shape index (κ1) is 17.0. The molecule has 0 aliphatic carbocycles. The minimum Gasteiger partial charge on any atom is -0.479 e. The van der Waals surface area contributed by atoms with Gasteiger partial charge in [-0.3, -0.25) is 0 Å². The zero-order chi connectivity index (χ0) is 17.6. The van der Waals surface area contributed by atoms with Crippen molar-refractivity contribution in [2.75, 3.05) is 0 Å². The number of benzene rings is 2. The lowest BCUT2D eigenvalue weighted by Gasteiger charge is -2.13. The third kappa shape index (κ3) is 4.58. The van der Waals surface area contributed by atoms with Crippen LogP contribution in [0, 0.1) is 0 Å². The van der Waals surface area contributed by atoms with Crippen LogP contribution in [0.1, 0.15) is 12.8 Å². The number of hydrogen-bond donors (Lipinski definition) is 0. The quantitative estimate of drug-likeness (QED) is 0.622. The van der Waals surface area contributed by atoms with Crippen LogP contribution in [0.15, 0.2) is 59.1 Å². The monoisotopic (exact) mass is 358 g/mol. The van der Waals surface area contributed by atoms with Crippen molar-refractivity contribution in [1.82, 2.24) is 10.1 Å². The number of ether oxygens (including phenoxy) is 2. The summed E-state index contributed by atoms with van der Waals surface area (Å²) in [4.78, 5) is 16.2. The van der Waals surface area contributed by atoms with Crippen molar-refractivity contribution in [2.45, 2.75) is 19.6 Å². The smallest absolute Gasteiger partial charge is 0.347 e. The number of carbonyl (C=O) groups is 1. The molecule has 0 N–H and O–H groups in total. The Morgan fingerprint density at radius 2 is 2.00 bits per heavy atom. The SMILES string of the molecule is CC(Oc1cccc(Cl)c1)C(=O)OCc1nc(-c2ccccc2)no1. The van der Waals surface area contributed by atoms with Crippen molar-refractivity contribution < 1.29 is 18.8 Å². The second-order valence-electron chi connectivity index (χ2n) is 5.20. The standard InChI is InChI=1S/C18H15ClN2O4/c1-12(24-15-9-5-8-14(19)10-15)18(22)23-11-16-20-17(21-25-16)13-6-3-2-4-7-13/h2-10,12H,11H2,1H3. The number of nitrogens with zero attached hydrogens (tertiary/aromatic N) is 2. The highest BCUT2D eigenvalue weighted by molar-refractivity contribution is 6.30. The van der Waals surface area contributed by atoms with Gasteiger partial charge in [-0.15, -0.1) is 0 Å². The topological polar surface area (TPSA) is 74.5 Å². The van der Waals surface area contributed by atoms with Crippen LogP contribution in [0.2, 0.25) is 5.02 Å². The van der Waals surface area contributed by atoms with Gasteiger partial charge in [0.15, 0.2) is 12.7 Å². The number of halogens is 1. The van der Waals surface area contributed by atoms with E-state index in [1.54, 1.807) is 31.2 Å². The summed E-state index contributed by atoms with van der Waals surface area (Å²) >= 11 is 5.88. The highest BCUT2D eigenvalue weighted by atomic mass is 35.5. The van der Waals surface area contributed by atoms with Crippen molar-refractivity contribution in [1.29, 1.82) is 0 Å². The van der Waals surface area contributed by atoms with Crippen LogP contribution in [0.4, 0.5) is 0 Å². The fourth-order valence-electron chi connectivity index (χ4n) is 2.06. The summed E-state index contributed by atoms with van der Waals surface area (Å²) in [5.41, 5.74) is 0.821. The Morgan fingerprint density at radius 3 is 2.76 bits per heavy atom. The molecule has 6 nitrogen and oxygen atoms in total. The highest BCUT2D eigenvalue weighted by Gasteiger charge is 2.18. The van der Waals surface area contributed by atoms with Gasteiger partial charge in [0.05, 0.1) is 0 Å². The van der Waals surface area contributed by atoms with Gasteiger partial charge in [0.1, 0.15) is 5.75 Å². The molecule has 1 heterocycles. The van der Waals surface area contributed by atoms with E-state index < -0.39 is 12.1 Å². The van der Waals surface area contributed by atoms with Crippen molar-refractivity contribution >= 4 is 17.6 Å². The molecular weight excluding hydrogens is 344 g/mol. The third-order valence-electron chi connectivity index (χ3n) is 3.28. The van der Waals surface area contributed by atoms with E-state index in [1.165, 1.54) is 0 Å². The second-order valence-corrected chi connectivity index (χ2v) is 5.64. The van der Waals surface area contributed by atoms with Gasteiger partial charge in [-0.2, -0.15) is 4.98 Å². The van der Waals surface area contributed by atoms with Crippen LogP contribution in [-0.2, 0) is 16.1 Å². The molecule has 1 unspecified atom stereocenters. The molecule has 7 heteroatoms. The van der Waals surface area contributed by atoms with Gasteiger partial charge >= 0.3 is 5.97 Å². The van der Waals surface area contributed by atoms with Crippen LogP contribution in [0.3, 0.4) is 0 Å². The first-order valence-electron chi connectivity index (χ1n) is 7.58. The summed E-state index contributed by atoms with van der Waals surface area (Å²) in [5, 5.41) is 4.39. The lowest BCUT2D eigenvalue weighted by molar-refractivity contribution is -0.153. The maximum Gasteiger partial charge on any atom is 0.347 e. The van der Waals surface area contributed by atoms with Crippen LogP contribution in [0.25, 0.3) is 11.4 Å². The number of hydrogen-bond acceptors (Lipinski definition) is 6. The molecule has 1 aromatic heterocycles. The number of carbonyl (C=O) groups excluding carboxylic acids is 1. The highest BCUT2D eigenvalue weighted by Crippen LogP contribution is 2.19. The Balaban J connectivity index is 1.54. The van der Waals surface area contributed by atoms with E-state index in [1.807, 2.05) is 30.3 Å². The summed E-state index contributed by atoms with van der Waals surface area (Å²) in [7, 11) is 0. The van der Waals surface area contributed by atoms with Crippen molar-refractivity contribution in [3.63, 3.8) is 0 Å². The Hall–Kier alpha value is -2.86. The van der Waals surface area contributed by atoms with Crippen molar-refractivity contribution in [2.24, 2.45) is 0 Å². The van der Waals surface area contributed by atoms with E-state index in [-0.39, 0.29) is 12.5 Å². The molecule has 3 rings (SSSR count). The lowest BCUT2D eigenvalue weighted by Crippen LogP contribution is -2.26. The maximum atomic E-state index is 12.0. The van der Waals surface area contributed by atoms with Crippen LogP contribution in [-0.4, -0.2) is 22.2 Å². The molecule has 0 aliphatic rings. The molecule has 0 saturated heterocycles. The van der Waals surface area contributed by atoms with Gasteiger partial charge in [0.2, 0.25) is 5.82 Å². The van der Waals surface area contributed by atoms with Crippen LogP contribution < -0.4 is 4.74 Å². The molecule has 25 heavy (non-hydrogen) atoms. The van der Waals surface area contributed by atoms with Gasteiger partial charge in [0, 0.05) is 10.6 Å². The average Bonchev–Trinajstić information content (AvgIpc) is 3.09. The fraction of sp³-hybridized carbons (Fsp3) is 0.167. The van der Waals surface area contributed by atoms with Gasteiger partial charge in [-0.05, 0) is 25.1 Å². The third-order valence-corrected chi connectivity index (χ3v) is 3.51. The zero-order valence-electron chi connectivity index (χ0n) is 13.4. The number of rotatable bonds is 6. The van der Waals surface area contributed by atoms with Gasteiger partial charge in [-0.1, -0.05) is 53.2 Å². The molecule has 3 aromatic rings. The van der Waals surface area contributed by atoms with E-state index in [4.69, 9.17) is 25.6 Å². The van der Waals surface area contributed by atoms with E-state index in [0.29, 0.717) is 16.6 Å². The molecule has 2 aromatic carbocycles. The Morgan fingerprint density at radius 1 is 1.20 bits per heavy atom. The molecule has 1 atom stereocenters. The molecule has 0 spiro atoms. The minimum atomic E-state index is -0.796.